The fourth-order valence-corrected chi connectivity index (χ4v) is 5.11. The molecule has 3 aromatic rings. The summed E-state index contributed by atoms with van der Waals surface area (Å²) in [6.07, 6.45) is 3.72. The number of nitrogens with zero attached hydrogens (tertiary/aromatic N) is 2. The number of thiazole rings is 1. The third-order valence-electron chi connectivity index (χ3n) is 5.12. The van der Waals surface area contributed by atoms with Crippen LogP contribution in [-0.2, 0) is 9.53 Å². The summed E-state index contributed by atoms with van der Waals surface area (Å²) in [6.45, 7) is 3.75. The predicted molar refractivity (Wildman–Crippen MR) is 127 cm³/mol. The van der Waals surface area contributed by atoms with Crippen LogP contribution in [0.25, 0.3) is 6.08 Å². The highest BCUT2D eigenvalue weighted by molar-refractivity contribution is 7.98. The Balaban J connectivity index is 1.94. The molecule has 2 heterocycles. The van der Waals surface area contributed by atoms with Gasteiger partial charge in [0.15, 0.2) is 4.80 Å². The maximum atomic E-state index is 13.5. The van der Waals surface area contributed by atoms with E-state index in [1.165, 1.54) is 11.3 Å². The molecule has 1 aliphatic rings. The summed E-state index contributed by atoms with van der Waals surface area (Å²) in [5, 5.41) is 9.76. The molecule has 0 saturated carbocycles. The fourth-order valence-electron chi connectivity index (χ4n) is 3.66. The van der Waals surface area contributed by atoms with Gasteiger partial charge in [0.1, 0.15) is 5.75 Å². The van der Waals surface area contributed by atoms with E-state index in [0.29, 0.717) is 26.2 Å². The van der Waals surface area contributed by atoms with E-state index in [-0.39, 0.29) is 17.9 Å². The van der Waals surface area contributed by atoms with E-state index in [4.69, 9.17) is 4.74 Å². The summed E-state index contributed by atoms with van der Waals surface area (Å²) < 4.78 is 7.34. The zero-order valence-corrected chi connectivity index (χ0v) is 19.5. The molecule has 164 valence electrons. The number of esters is 1. The molecule has 1 aliphatic heterocycles. The van der Waals surface area contributed by atoms with E-state index >= 15 is 0 Å². The van der Waals surface area contributed by atoms with Crippen molar-refractivity contribution in [3.8, 4) is 5.75 Å². The number of hydrogen-bond donors (Lipinski definition) is 1. The number of benzene rings is 2. The number of aromatic nitrogens is 1. The first-order valence-corrected chi connectivity index (χ1v) is 12.1. The van der Waals surface area contributed by atoms with Gasteiger partial charge in [0, 0.05) is 4.90 Å². The van der Waals surface area contributed by atoms with Crippen LogP contribution in [0.1, 0.15) is 31.0 Å². The molecule has 6 nitrogen and oxygen atoms in total. The van der Waals surface area contributed by atoms with Gasteiger partial charge >= 0.3 is 5.97 Å². The second-order valence-electron chi connectivity index (χ2n) is 7.17. The summed E-state index contributed by atoms with van der Waals surface area (Å²) in [5.41, 5.74) is 2.17. The van der Waals surface area contributed by atoms with E-state index < -0.39 is 12.0 Å². The molecule has 1 N–H and O–H groups in total. The Bertz CT molecular complexity index is 1380. The molecule has 2 aromatic carbocycles. The highest BCUT2D eigenvalue weighted by Gasteiger charge is 2.33. The Morgan fingerprint density at radius 1 is 1.28 bits per heavy atom. The van der Waals surface area contributed by atoms with Gasteiger partial charge < -0.3 is 9.84 Å². The highest BCUT2D eigenvalue weighted by Crippen LogP contribution is 2.31. The molecule has 32 heavy (non-hydrogen) atoms. The number of carbonyl (C=O) groups excluding carboxylic acids is 1. The Labute approximate surface area is 193 Å². The van der Waals surface area contributed by atoms with Crippen LogP contribution in [0.3, 0.4) is 0 Å². The lowest BCUT2D eigenvalue weighted by molar-refractivity contribution is -0.139. The quantitative estimate of drug-likeness (QED) is 0.461. The first-order valence-electron chi connectivity index (χ1n) is 10.1. The van der Waals surface area contributed by atoms with Gasteiger partial charge in [-0.1, -0.05) is 35.6 Å². The van der Waals surface area contributed by atoms with Crippen molar-refractivity contribution in [1.29, 1.82) is 0 Å². The van der Waals surface area contributed by atoms with Crippen molar-refractivity contribution in [3.63, 3.8) is 0 Å². The first-order chi connectivity index (χ1) is 15.4. The second-order valence-corrected chi connectivity index (χ2v) is 9.06. The molecule has 0 fully saturated rings. The SMILES string of the molecule is CCOC(=O)C1=C(C)N=c2s/c(=C\c3cccc(O)c3)c(=O)n2[C@H]1c1ccc(SC)cc1. The lowest BCUT2D eigenvalue weighted by atomic mass is 9.96. The van der Waals surface area contributed by atoms with Crippen LogP contribution < -0.4 is 14.9 Å². The Hall–Kier alpha value is -3.10. The van der Waals surface area contributed by atoms with E-state index in [0.717, 1.165) is 10.5 Å². The summed E-state index contributed by atoms with van der Waals surface area (Å²) in [7, 11) is 0. The van der Waals surface area contributed by atoms with Crippen LogP contribution in [-0.4, -0.2) is 28.5 Å². The molecule has 8 heteroatoms. The fraction of sp³-hybridized carbons (Fsp3) is 0.208. The maximum absolute atomic E-state index is 13.5. The minimum atomic E-state index is -0.632. The Kier molecular flexibility index (Phi) is 6.34. The summed E-state index contributed by atoms with van der Waals surface area (Å²) >= 11 is 2.88. The van der Waals surface area contributed by atoms with Gasteiger partial charge in [0.05, 0.1) is 28.5 Å². The minimum Gasteiger partial charge on any atom is -0.508 e. The van der Waals surface area contributed by atoms with Crippen molar-refractivity contribution >= 4 is 35.1 Å². The van der Waals surface area contributed by atoms with Gasteiger partial charge in [-0.15, -0.1) is 11.8 Å². The number of fused-ring (bicyclic) bond motifs is 1. The van der Waals surface area contributed by atoms with Crippen LogP contribution >= 0.6 is 23.1 Å². The molecular weight excluding hydrogens is 444 g/mol. The van der Waals surface area contributed by atoms with Crippen molar-refractivity contribution in [2.75, 3.05) is 12.9 Å². The van der Waals surface area contributed by atoms with E-state index in [1.807, 2.05) is 36.6 Å². The second kappa shape index (κ2) is 9.18. The molecule has 0 aliphatic carbocycles. The van der Waals surface area contributed by atoms with Crippen molar-refractivity contribution in [2.45, 2.75) is 24.8 Å². The molecule has 0 amide bonds. The van der Waals surface area contributed by atoms with Crippen molar-refractivity contribution in [2.24, 2.45) is 4.99 Å². The smallest absolute Gasteiger partial charge is 0.338 e. The molecule has 0 unspecified atom stereocenters. The lowest BCUT2D eigenvalue weighted by Crippen LogP contribution is -2.39. The standard InChI is InChI=1S/C24H22N2O4S2/c1-4-30-23(29)20-14(2)25-24-26(21(20)16-8-10-18(31-3)11-9-16)22(28)19(32-24)13-15-6-5-7-17(27)12-15/h5-13,21,27H,4H2,1-3H3/b19-13-/t21-/m0/s1. The molecule has 4 rings (SSSR count). The van der Waals surface area contributed by atoms with Gasteiger partial charge in [-0.2, -0.15) is 0 Å². The van der Waals surface area contributed by atoms with Crippen LogP contribution in [0, 0.1) is 0 Å². The van der Waals surface area contributed by atoms with E-state index in [9.17, 15) is 14.7 Å². The third-order valence-corrected chi connectivity index (χ3v) is 6.84. The normalized spacial score (nSPS) is 16.0. The largest absolute Gasteiger partial charge is 0.508 e. The molecular formula is C24H22N2O4S2. The van der Waals surface area contributed by atoms with Crippen molar-refractivity contribution in [3.05, 3.63) is 90.6 Å². The third kappa shape index (κ3) is 4.16. The van der Waals surface area contributed by atoms with Crippen LogP contribution in [0.15, 0.2) is 74.5 Å². The van der Waals surface area contributed by atoms with Gasteiger partial charge in [0.25, 0.3) is 5.56 Å². The molecule has 0 spiro atoms. The maximum Gasteiger partial charge on any atom is 0.338 e. The number of phenolic OH excluding ortho intramolecular Hbond substituents is 1. The molecule has 1 aromatic heterocycles. The number of rotatable bonds is 5. The number of hydrogen-bond acceptors (Lipinski definition) is 7. The lowest BCUT2D eigenvalue weighted by Gasteiger charge is -2.24. The number of carbonyl (C=O) groups is 1. The average Bonchev–Trinajstić information content (AvgIpc) is 3.07. The monoisotopic (exact) mass is 466 g/mol. The van der Waals surface area contributed by atoms with Crippen molar-refractivity contribution < 1.29 is 14.6 Å². The number of thioether (sulfide) groups is 1. The number of ether oxygens (including phenoxy) is 1. The van der Waals surface area contributed by atoms with E-state index in [1.54, 1.807) is 54.5 Å². The summed E-state index contributed by atoms with van der Waals surface area (Å²) in [5.74, 6) is -0.353. The predicted octanol–water partition coefficient (Wildman–Crippen LogP) is 3.23. The van der Waals surface area contributed by atoms with Gasteiger partial charge in [-0.05, 0) is 61.6 Å². The van der Waals surface area contributed by atoms with Crippen LogP contribution in [0.2, 0.25) is 0 Å². The van der Waals surface area contributed by atoms with Gasteiger partial charge in [-0.25, -0.2) is 9.79 Å². The first kappa shape index (κ1) is 22.1. The van der Waals surface area contributed by atoms with Gasteiger partial charge in [0.2, 0.25) is 0 Å². The minimum absolute atomic E-state index is 0.124. The zero-order chi connectivity index (χ0) is 22.8. The highest BCUT2D eigenvalue weighted by atomic mass is 32.2. The van der Waals surface area contributed by atoms with E-state index in [2.05, 4.69) is 4.99 Å². The number of aromatic hydroxyl groups is 1. The Morgan fingerprint density at radius 2 is 2.03 bits per heavy atom. The summed E-state index contributed by atoms with van der Waals surface area (Å²) in [6, 6.07) is 13.9. The average molecular weight is 467 g/mol. The zero-order valence-electron chi connectivity index (χ0n) is 17.9. The molecule has 0 radical (unpaired) electrons. The van der Waals surface area contributed by atoms with Crippen LogP contribution in [0.4, 0.5) is 0 Å². The summed E-state index contributed by atoms with van der Waals surface area (Å²) in [4.78, 5) is 32.5. The topological polar surface area (TPSA) is 80.9 Å². The number of allylic oxidation sites excluding steroid dienone is 1. The molecule has 1 atom stereocenters. The number of phenols is 1. The Morgan fingerprint density at radius 3 is 2.69 bits per heavy atom. The molecule has 0 bridgehead atoms. The van der Waals surface area contributed by atoms with Crippen LogP contribution in [0.5, 0.6) is 5.75 Å². The molecule has 0 saturated heterocycles. The van der Waals surface area contributed by atoms with Gasteiger partial charge in [-0.3, -0.25) is 9.36 Å². The van der Waals surface area contributed by atoms with Crippen molar-refractivity contribution in [1.82, 2.24) is 4.57 Å².